The van der Waals surface area contributed by atoms with Crippen molar-refractivity contribution in [2.24, 2.45) is 0 Å². The van der Waals surface area contributed by atoms with Crippen molar-refractivity contribution < 1.29 is 4.79 Å². The molecule has 21 heavy (non-hydrogen) atoms. The van der Waals surface area contributed by atoms with Crippen molar-refractivity contribution in [3.63, 3.8) is 0 Å². The smallest absolute Gasteiger partial charge is 0.261 e. The van der Waals surface area contributed by atoms with E-state index in [0.717, 1.165) is 50.0 Å². The molecule has 1 aromatic rings. The second-order valence-corrected chi connectivity index (χ2v) is 6.00. The molecule has 1 aliphatic carbocycles. The number of rotatable bonds is 4. The average molecular weight is 289 g/mol. The number of amides is 1. The summed E-state index contributed by atoms with van der Waals surface area (Å²) in [4.78, 5) is 29.5. The summed E-state index contributed by atoms with van der Waals surface area (Å²) >= 11 is 0. The maximum Gasteiger partial charge on any atom is 0.261 e. The van der Waals surface area contributed by atoms with Crippen molar-refractivity contribution in [3.8, 4) is 0 Å². The fourth-order valence-corrected chi connectivity index (χ4v) is 3.53. The number of fused-ring (bicyclic) bond motifs is 1. The predicted octanol–water partition coefficient (Wildman–Crippen LogP) is 1.08. The van der Waals surface area contributed by atoms with Crippen molar-refractivity contribution in [1.82, 2.24) is 15.2 Å². The number of nitrogens with zero attached hydrogens (tertiary/aromatic N) is 1. The second kappa shape index (κ2) is 6.02. The predicted molar refractivity (Wildman–Crippen MR) is 81.7 cm³/mol. The van der Waals surface area contributed by atoms with Gasteiger partial charge in [-0.25, -0.2) is 0 Å². The van der Waals surface area contributed by atoms with Gasteiger partial charge in [0, 0.05) is 18.3 Å². The molecular weight excluding hydrogens is 266 g/mol. The van der Waals surface area contributed by atoms with Crippen molar-refractivity contribution in [1.29, 1.82) is 0 Å². The molecule has 1 amide bonds. The Morgan fingerprint density at radius 3 is 3.10 bits per heavy atom. The molecule has 5 nitrogen and oxygen atoms in total. The molecule has 5 heteroatoms. The quantitative estimate of drug-likeness (QED) is 0.871. The Hall–Kier alpha value is -1.62. The number of likely N-dealkylation sites (tertiary alicyclic amines) is 1. The van der Waals surface area contributed by atoms with E-state index in [1.165, 1.54) is 6.42 Å². The Balaban J connectivity index is 1.67. The van der Waals surface area contributed by atoms with Gasteiger partial charge in [-0.1, -0.05) is 6.92 Å². The number of carbonyl (C=O) groups excluding carboxylic acids is 1. The van der Waals surface area contributed by atoms with E-state index in [1.807, 2.05) is 0 Å². The summed E-state index contributed by atoms with van der Waals surface area (Å²) in [6, 6.07) is 2.19. The third kappa shape index (κ3) is 2.88. The largest absolute Gasteiger partial charge is 0.350 e. The standard InChI is InChI=1S/C16H23N3O2/c1-2-19-8-4-6-12(19)10-17-15(20)13-9-11-5-3-7-14(11)18-16(13)21/h9,12H,2-8,10H2,1H3,(H,17,20)(H,18,21)/t12-/m1/s1. The van der Waals surface area contributed by atoms with Gasteiger partial charge in [0.2, 0.25) is 0 Å². The van der Waals surface area contributed by atoms with Crippen LogP contribution in [0.3, 0.4) is 0 Å². The molecular formula is C16H23N3O2. The summed E-state index contributed by atoms with van der Waals surface area (Å²) in [5.41, 5.74) is 2.13. The molecule has 2 heterocycles. The third-order valence-corrected chi connectivity index (χ3v) is 4.74. The molecule has 1 aliphatic heterocycles. The van der Waals surface area contributed by atoms with Crippen LogP contribution in [0.15, 0.2) is 10.9 Å². The molecule has 0 bridgehead atoms. The number of aryl methyl sites for hydroxylation is 2. The van der Waals surface area contributed by atoms with E-state index in [2.05, 4.69) is 22.1 Å². The zero-order valence-electron chi connectivity index (χ0n) is 12.6. The highest BCUT2D eigenvalue weighted by Crippen LogP contribution is 2.19. The van der Waals surface area contributed by atoms with Gasteiger partial charge in [-0.05, 0) is 56.8 Å². The monoisotopic (exact) mass is 289 g/mol. The molecule has 1 saturated heterocycles. The summed E-state index contributed by atoms with van der Waals surface area (Å²) in [6.07, 6.45) is 5.24. The molecule has 2 aliphatic rings. The average Bonchev–Trinajstić information content (AvgIpc) is 3.11. The van der Waals surface area contributed by atoms with E-state index in [-0.39, 0.29) is 17.0 Å². The number of aromatic amines is 1. The molecule has 1 aromatic heterocycles. The molecule has 0 spiro atoms. The van der Waals surface area contributed by atoms with Crippen LogP contribution >= 0.6 is 0 Å². The van der Waals surface area contributed by atoms with Gasteiger partial charge < -0.3 is 10.3 Å². The number of pyridine rings is 1. The minimum absolute atomic E-state index is 0.242. The Morgan fingerprint density at radius 2 is 2.29 bits per heavy atom. The lowest BCUT2D eigenvalue weighted by Crippen LogP contribution is -2.41. The molecule has 2 N–H and O–H groups in total. The zero-order chi connectivity index (χ0) is 14.8. The summed E-state index contributed by atoms with van der Waals surface area (Å²) in [5, 5.41) is 2.94. The van der Waals surface area contributed by atoms with E-state index in [9.17, 15) is 9.59 Å². The molecule has 1 fully saturated rings. The third-order valence-electron chi connectivity index (χ3n) is 4.74. The summed E-state index contributed by atoms with van der Waals surface area (Å²) in [5.74, 6) is -0.242. The highest BCUT2D eigenvalue weighted by molar-refractivity contribution is 5.94. The van der Waals surface area contributed by atoms with Crippen LogP contribution in [0.2, 0.25) is 0 Å². The number of hydrogen-bond donors (Lipinski definition) is 2. The van der Waals surface area contributed by atoms with E-state index >= 15 is 0 Å². The van der Waals surface area contributed by atoms with Gasteiger partial charge in [-0.15, -0.1) is 0 Å². The summed E-state index contributed by atoms with van der Waals surface area (Å²) in [7, 11) is 0. The van der Waals surface area contributed by atoms with Crippen LogP contribution in [0.25, 0.3) is 0 Å². The van der Waals surface area contributed by atoms with Crippen LogP contribution in [0.1, 0.15) is 47.8 Å². The molecule has 3 rings (SSSR count). The number of likely N-dealkylation sites (N-methyl/N-ethyl adjacent to an activating group) is 1. The number of hydrogen-bond acceptors (Lipinski definition) is 3. The van der Waals surface area contributed by atoms with Crippen LogP contribution in [-0.2, 0) is 12.8 Å². The fraction of sp³-hybridized carbons (Fsp3) is 0.625. The lowest BCUT2D eigenvalue weighted by Gasteiger charge is -2.22. The first-order valence-electron chi connectivity index (χ1n) is 7.96. The number of H-pyrrole nitrogens is 1. The molecule has 0 saturated carbocycles. The number of carbonyl (C=O) groups is 1. The fourth-order valence-electron chi connectivity index (χ4n) is 3.53. The topological polar surface area (TPSA) is 65.2 Å². The minimum atomic E-state index is -0.257. The van der Waals surface area contributed by atoms with Crippen LogP contribution in [-0.4, -0.2) is 41.5 Å². The maximum absolute atomic E-state index is 12.3. The van der Waals surface area contributed by atoms with Crippen LogP contribution in [0, 0.1) is 0 Å². The van der Waals surface area contributed by atoms with Crippen molar-refractivity contribution in [2.75, 3.05) is 19.6 Å². The highest BCUT2D eigenvalue weighted by Gasteiger charge is 2.24. The molecule has 1 atom stereocenters. The van der Waals surface area contributed by atoms with Gasteiger partial charge in [0.1, 0.15) is 5.56 Å². The van der Waals surface area contributed by atoms with Crippen LogP contribution in [0.5, 0.6) is 0 Å². The zero-order valence-corrected chi connectivity index (χ0v) is 12.6. The van der Waals surface area contributed by atoms with E-state index in [4.69, 9.17) is 0 Å². The Morgan fingerprint density at radius 1 is 1.43 bits per heavy atom. The van der Waals surface area contributed by atoms with Gasteiger partial charge >= 0.3 is 0 Å². The Kier molecular flexibility index (Phi) is 4.10. The molecule has 0 radical (unpaired) electrons. The summed E-state index contributed by atoms with van der Waals surface area (Å²) in [6.45, 7) is 4.89. The van der Waals surface area contributed by atoms with E-state index < -0.39 is 0 Å². The van der Waals surface area contributed by atoms with Gasteiger partial charge in [0.25, 0.3) is 11.5 Å². The van der Waals surface area contributed by atoms with Crippen LogP contribution < -0.4 is 10.9 Å². The first-order valence-corrected chi connectivity index (χ1v) is 7.96. The molecule has 114 valence electrons. The second-order valence-electron chi connectivity index (χ2n) is 6.00. The maximum atomic E-state index is 12.3. The minimum Gasteiger partial charge on any atom is -0.350 e. The van der Waals surface area contributed by atoms with Crippen LogP contribution in [0.4, 0.5) is 0 Å². The van der Waals surface area contributed by atoms with E-state index in [1.54, 1.807) is 6.07 Å². The van der Waals surface area contributed by atoms with Gasteiger partial charge in [-0.3, -0.25) is 14.5 Å². The highest BCUT2D eigenvalue weighted by atomic mass is 16.2. The Labute approximate surface area is 124 Å². The van der Waals surface area contributed by atoms with Gasteiger partial charge in [0.15, 0.2) is 0 Å². The van der Waals surface area contributed by atoms with Crippen molar-refractivity contribution in [2.45, 2.75) is 45.1 Å². The lowest BCUT2D eigenvalue weighted by molar-refractivity contribution is 0.0939. The van der Waals surface area contributed by atoms with Crippen molar-refractivity contribution >= 4 is 5.91 Å². The van der Waals surface area contributed by atoms with Gasteiger partial charge in [0.05, 0.1) is 0 Å². The number of aromatic nitrogens is 1. The molecule has 0 unspecified atom stereocenters. The normalized spacial score (nSPS) is 21.5. The molecule has 0 aromatic carbocycles. The van der Waals surface area contributed by atoms with Crippen molar-refractivity contribution in [3.05, 3.63) is 33.2 Å². The number of nitrogens with one attached hydrogen (secondary N) is 2. The first-order chi connectivity index (χ1) is 10.2. The SMILES string of the molecule is CCN1CCC[C@@H]1CNC(=O)c1cc2c([nH]c1=O)CCC2. The summed E-state index contributed by atoms with van der Waals surface area (Å²) < 4.78 is 0. The lowest BCUT2D eigenvalue weighted by atomic mass is 10.1. The first kappa shape index (κ1) is 14.3. The van der Waals surface area contributed by atoms with Gasteiger partial charge in [-0.2, -0.15) is 0 Å². The Bertz CT molecular complexity index is 594. The van der Waals surface area contributed by atoms with E-state index in [0.29, 0.717) is 12.6 Å².